The maximum Gasteiger partial charge on any atom is 1.00 e. The molecule has 0 aliphatic carbocycles. The Morgan fingerprint density at radius 1 is 1.24 bits per heavy atom. The number of amides is 5. The molecule has 0 spiro atoms. The van der Waals surface area contributed by atoms with E-state index in [0.29, 0.717) is 9.99 Å². The molecule has 12 nitrogen and oxygen atoms in total. The molecular formula is C15H18N5NaO7S. The van der Waals surface area contributed by atoms with Crippen molar-refractivity contribution in [3.05, 3.63) is 29.8 Å². The number of hydrogen-bond donors (Lipinski definition) is 4. The molecule has 29 heavy (non-hydrogen) atoms. The number of nitrogens with one attached hydrogen (secondary N) is 2. The van der Waals surface area contributed by atoms with E-state index in [4.69, 9.17) is 10.3 Å². The number of fused-ring (bicyclic) bond motifs is 1. The molecule has 2 saturated heterocycles. The minimum absolute atomic E-state index is 0. The van der Waals surface area contributed by atoms with E-state index in [-0.39, 0.29) is 56.1 Å². The maximum absolute atomic E-state index is 12.4. The largest absolute Gasteiger partial charge is 1.00 e. The molecule has 5 amide bonds. The smallest absolute Gasteiger partial charge is 1.00 e. The SMILES string of the molecule is NC(=O)CNC(=O)c1ccc(NC(=O)N2CC[C@@H]3[C@H]2C(=O)N3S(=O)(=O)O)cc1.[H-].[Na+]. The number of urea groups is 1. The number of carbonyl (C=O) groups is 4. The van der Waals surface area contributed by atoms with E-state index in [1.54, 1.807) is 0 Å². The third-order valence-electron chi connectivity index (χ3n) is 4.47. The van der Waals surface area contributed by atoms with Crippen LogP contribution in [0.1, 0.15) is 18.2 Å². The number of hydrogen-bond acceptors (Lipinski definition) is 6. The molecule has 2 aliphatic heterocycles. The van der Waals surface area contributed by atoms with Gasteiger partial charge in [-0.15, -0.1) is 0 Å². The Balaban J connectivity index is 0.00000225. The summed E-state index contributed by atoms with van der Waals surface area (Å²) in [6.07, 6.45) is 0.225. The molecule has 152 valence electrons. The number of β-lactam (4-membered cyclic amide) rings is 1. The number of carbonyl (C=O) groups excluding carboxylic acids is 4. The second-order valence-electron chi connectivity index (χ2n) is 6.26. The molecule has 3 rings (SSSR count). The van der Waals surface area contributed by atoms with Crippen LogP contribution in [0.5, 0.6) is 0 Å². The Kier molecular flexibility index (Phi) is 6.90. The number of anilines is 1. The van der Waals surface area contributed by atoms with Crippen molar-refractivity contribution < 1.29 is 63.1 Å². The summed E-state index contributed by atoms with van der Waals surface area (Å²) in [4.78, 5) is 48.0. The van der Waals surface area contributed by atoms with Crippen molar-refractivity contribution >= 4 is 39.7 Å². The summed E-state index contributed by atoms with van der Waals surface area (Å²) in [5.41, 5.74) is 5.54. The zero-order chi connectivity index (χ0) is 20.6. The number of primary amides is 1. The third-order valence-corrected chi connectivity index (χ3v) is 5.42. The zero-order valence-electron chi connectivity index (χ0n) is 16.4. The Labute approximate surface area is 189 Å². The molecule has 0 bridgehead atoms. The summed E-state index contributed by atoms with van der Waals surface area (Å²) in [5, 5.41) is 4.88. The summed E-state index contributed by atoms with van der Waals surface area (Å²) in [6, 6.07) is 3.43. The van der Waals surface area contributed by atoms with Crippen molar-refractivity contribution in [3.8, 4) is 0 Å². The Morgan fingerprint density at radius 3 is 2.41 bits per heavy atom. The van der Waals surface area contributed by atoms with E-state index in [1.165, 1.54) is 29.2 Å². The molecule has 5 N–H and O–H groups in total. The van der Waals surface area contributed by atoms with Gasteiger partial charge >= 0.3 is 45.9 Å². The number of benzene rings is 1. The molecule has 1 aromatic rings. The summed E-state index contributed by atoms with van der Waals surface area (Å²) in [7, 11) is -4.64. The molecule has 0 saturated carbocycles. The van der Waals surface area contributed by atoms with E-state index < -0.39 is 46.1 Å². The van der Waals surface area contributed by atoms with Crippen LogP contribution in [0, 0.1) is 0 Å². The van der Waals surface area contributed by atoms with E-state index in [1.807, 2.05) is 0 Å². The number of likely N-dealkylation sites (tertiary alicyclic amines) is 1. The van der Waals surface area contributed by atoms with Gasteiger partial charge in [0.25, 0.3) is 11.8 Å². The van der Waals surface area contributed by atoms with Gasteiger partial charge in [0.1, 0.15) is 6.04 Å². The van der Waals surface area contributed by atoms with Crippen LogP contribution in [0.25, 0.3) is 0 Å². The molecule has 0 radical (unpaired) electrons. The van der Waals surface area contributed by atoms with Crippen LogP contribution in [0.3, 0.4) is 0 Å². The molecule has 2 fully saturated rings. The van der Waals surface area contributed by atoms with Gasteiger partial charge in [0.15, 0.2) is 0 Å². The molecule has 0 aromatic heterocycles. The first-order valence-electron chi connectivity index (χ1n) is 8.14. The minimum atomic E-state index is -4.64. The standard InChI is InChI=1S/C15H17N5O7S.Na.H/c16-11(21)7-17-13(22)8-1-3-9(4-2-8)18-15(24)19-6-5-10-12(19)14(23)20(10)28(25,26)27;;/h1-4,10,12H,5-7H2,(H2,16,21)(H,17,22)(H,18,24)(H,25,26,27);;/q;+1;-1/t10-,12+;;/m1../s1. The van der Waals surface area contributed by atoms with Crippen molar-refractivity contribution in [2.45, 2.75) is 18.5 Å². The quantitative estimate of drug-likeness (QED) is 0.205. The van der Waals surface area contributed by atoms with Gasteiger partial charge in [0, 0.05) is 17.8 Å². The van der Waals surface area contributed by atoms with Gasteiger partial charge in [0.2, 0.25) is 5.91 Å². The number of rotatable bonds is 5. The third kappa shape index (κ3) is 4.70. The first-order chi connectivity index (χ1) is 13.1. The Bertz CT molecular complexity index is 959. The topological polar surface area (TPSA) is 179 Å². The summed E-state index contributed by atoms with van der Waals surface area (Å²) < 4.78 is 31.8. The van der Waals surface area contributed by atoms with Crippen LogP contribution in [0.4, 0.5) is 10.5 Å². The van der Waals surface area contributed by atoms with E-state index >= 15 is 0 Å². The van der Waals surface area contributed by atoms with E-state index in [2.05, 4.69) is 10.6 Å². The van der Waals surface area contributed by atoms with Crippen molar-refractivity contribution in [1.29, 1.82) is 0 Å². The fourth-order valence-corrected chi connectivity index (χ4v) is 4.11. The van der Waals surface area contributed by atoms with Crippen molar-refractivity contribution in [2.75, 3.05) is 18.4 Å². The van der Waals surface area contributed by atoms with Gasteiger partial charge < -0.3 is 22.7 Å². The number of nitrogens with zero attached hydrogens (tertiary/aromatic N) is 2. The molecule has 2 atom stereocenters. The van der Waals surface area contributed by atoms with Gasteiger partial charge in [-0.3, -0.25) is 18.9 Å². The van der Waals surface area contributed by atoms with Crippen LogP contribution in [0.2, 0.25) is 0 Å². The second-order valence-corrected chi connectivity index (χ2v) is 7.55. The summed E-state index contributed by atoms with van der Waals surface area (Å²) >= 11 is 0. The van der Waals surface area contributed by atoms with E-state index in [9.17, 15) is 27.6 Å². The summed E-state index contributed by atoms with van der Waals surface area (Å²) in [6.45, 7) is -0.157. The second kappa shape index (κ2) is 8.67. The maximum atomic E-state index is 12.4. The van der Waals surface area contributed by atoms with Crippen molar-refractivity contribution in [1.82, 2.24) is 14.5 Å². The monoisotopic (exact) mass is 435 g/mol. The van der Waals surface area contributed by atoms with Crippen LogP contribution in [0.15, 0.2) is 24.3 Å². The van der Waals surface area contributed by atoms with Gasteiger partial charge in [0.05, 0.1) is 12.6 Å². The van der Waals surface area contributed by atoms with Crippen LogP contribution in [-0.2, 0) is 19.9 Å². The molecule has 0 unspecified atom stereocenters. The van der Waals surface area contributed by atoms with Crippen molar-refractivity contribution in [2.24, 2.45) is 5.73 Å². The predicted octanol–water partition coefficient (Wildman–Crippen LogP) is -4.36. The molecule has 2 aliphatic rings. The zero-order valence-corrected chi connectivity index (χ0v) is 18.2. The van der Waals surface area contributed by atoms with Crippen LogP contribution in [-0.4, -0.2) is 71.1 Å². The fraction of sp³-hybridized carbons (Fsp3) is 0.333. The van der Waals surface area contributed by atoms with Crippen LogP contribution >= 0.6 is 0 Å². The molecule has 2 heterocycles. The predicted molar refractivity (Wildman–Crippen MR) is 95.4 cm³/mol. The van der Waals surface area contributed by atoms with Crippen molar-refractivity contribution in [3.63, 3.8) is 0 Å². The van der Waals surface area contributed by atoms with Gasteiger partial charge in [-0.05, 0) is 30.7 Å². The normalized spacial score (nSPS) is 20.2. The van der Waals surface area contributed by atoms with Gasteiger partial charge in [-0.1, -0.05) is 0 Å². The fourth-order valence-electron chi connectivity index (χ4n) is 3.21. The Morgan fingerprint density at radius 2 is 1.86 bits per heavy atom. The van der Waals surface area contributed by atoms with Gasteiger partial charge in [-0.2, -0.15) is 8.42 Å². The molecular weight excluding hydrogens is 417 g/mol. The summed E-state index contributed by atoms with van der Waals surface area (Å²) in [5.74, 6) is -2.05. The van der Waals surface area contributed by atoms with Gasteiger partial charge in [-0.25, -0.2) is 9.10 Å². The average Bonchev–Trinajstić information content (AvgIpc) is 2.97. The van der Waals surface area contributed by atoms with Crippen LogP contribution < -0.4 is 45.9 Å². The first-order valence-corrected chi connectivity index (χ1v) is 9.54. The minimum Gasteiger partial charge on any atom is -1.00 e. The van der Waals surface area contributed by atoms with E-state index in [0.717, 1.165) is 0 Å². The first kappa shape index (κ1) is 23.1. The Hall–Kier alpha value is -2.19. The number of nitrogens with two attached hydrogens (primary N) is 1. The molecule has 1 aromatic carbocycles. The molecule has 14 heteroatoms. The average molecular weight is 435 g/mol.